The summed E-state index contributed by atoms with van der Waals surface area (Å²) in [5.74, 6) is 1.43. The standard InChI is InChI=1S/C16H15ClN2O2/c1-20-14-4-5-16(13(7-14)9-19)21-10-12-3-2-11(8-18)6-15(12)17/h2-7H,9-10,19H2,1H3. The van der Waals surface area contributed by atoms with E-state index in [-0.39, 0.29) is 0 Å². The second kappa shape index (κ2) is 6.98. The number of methoxy groups -OCH3 is 1. The van der Waals surface area contributed by atoms with Crippen LogP contribution in [0, 0.1) is 11.3 Å². The van der Waals surface area contributed by atoms with Gasteiger partial charge in [-0.05, 0) is 30.3 Å². The molecule has 2 aromatic rings. The van der Waals surface area contributed by atoms with E-state index in [0.29, 0.717) is 29.5 Å². The molecule has 2 rings (SSSR count). The number of ether oxygens (including phenoxy) is 2. The van der Waals surface area contributed by atoms with Gasteiger partial charge in [0.05, 0.1) is 18.7 Å². The van der Waals surface area contributed by atoms with Gasteiger partial charge in [-0.1, -0.05) is 17.7 Å². The lowest BCUT2D eigenvalue weighted by Crippen LogP contribution is -2.03. The Labute approximate surface area is 128 Å². The molecule has 108 valence electrons. The molecular weight excluding hydrogens is 288 g/mol. The summed E-state index contributed by atoms with van der Waals surface area (Å²) in [5.41, 5.74) is 7.91. The van der Waals surface area contributed by atoms with Crippen molar-refractivity contribution in [3.8, 4) is 17.6 Å². The van der Waals surface area contributed by atoms with Crippen molar-refractivity contribution in [1.82, 2.24) is 0 Å². The van der Waals surface area contributed by atoms with Crippen LogP contribution in [0.1, 0.15) is 16.7 Å². The molecule has 0 unspecified atom stereocenters. The van der Waals surface area contributed by atoms with Crippen LogP contribution in [0.2, 0.25) is 5.02 Å². The highest BCUT2D eigenvalue weighted by Gasteiger charge is 2.07. The summed E-state index contributed by atoms with van der Waals surface area (Å²) in [6.45, 7) is 0.664. The zero-order valence-corrected chi connectivity index (χ0v) is 12.4. The molecule has 0 spiro atoms. The highest BCUT2D eigenvalue weighted by molar-refractivity contribution is 6.31. The topological polar surface area (TPSA) is 68.3 Å². The minimum atomic E-state index is 0.309. The van der Waals surface area contributed by atoms with E-state index in [1.165, 1.54) is 0 Å². The first kappa shape index (κ1) is 15.2. The number of rotatable bonds is 5. The van der Waals surface area contributed by atoms with E-state index in [0.717, 1.165) is 16.9 Å². The molecule has 2 N–H and O–H groups in total. The molecule has 0 aliphatic rings. The molecule has 2 aromatic carbocycles. The summed E-state index contributed by atoms with van der Waals surface area (Å²) in [6, 6.07) is 12.6. The maximum atomic E-state index is 8.81. The van der Waals surface area contributed by atoms with Crippen LogP contribution in [-0.4, -0.2) is 7.11 Å². The molecule has 4 nitrogen and oxygen atoms in total. The highest BCUT2D eigenvalue weighted by Crippen LogP contribution is 2.26. The van der Waals surface area contributed by atoms with Crippen molar-refractivity contribution in [3.63, 3.8) is 0 Å². The third-order valence-electron chi connectivity index (χ3n) is 3.05. The second-order valence-electron chi connectivity index (χ2n) is 4.38. The SMILES string of the molecule is COc1ccc(OCc2ccc(C#N)cc2Cl)c(CN)c1. The van der Waals surface area contributed by atoms with Crippen LogP contribution >= 0.6 is 11.6 Å². The second-order valence-corrected chi connectivity index (χ2v) is 4.79. The lowest BCUT2D eigenvalue weighted by Gasteiger charge is -2.12. The maximum Gasteiger partial charge on any atom is 0.124 e. The number of nitrogens with zero attached hydrogens (tertiary/aromatic N) is 1. The van der Waals surface area contributed by atoms with Gasteiger partial charge in [0.1, 0.15) is 18.1 Å². The van der Waals surface area contributed by atoms with E-state index in [2.05, 4.69) is 0 Å². The van der Waals surface area contributed by atoms with Crippen molar-refractivity contribution >= 4 is 11.6 Å². The molecule has 0 aliphatic heterocycles. The minimum Gasteiger partial charge on any atom is -0.497 e. The van der Waals surface area contributed by atoms with Gasteiger partial charge in [-0.3, -0.25) is 0 Å². The Morgan fingerprint density at radius 1 is 1.19 bits per heavy atom. The average Bonchev–Trinajstić information content (AvgIpc) is 2.53. The van der Waals surface area contributed by atoms with Crippen LogP contribution in [-0.2, 0) is 13.2 Å². The quantitative estimate of drug-likeness (QED) is 0.920. The lowest BCUT2D eigenvalue weighted by molar-refractivity contribution is 0.302. The van der Waals surface area contributed by atoms with Gasteiger partial charge in [-0.2, -0.15) is 5.26 Å². The van der Waals surface area contributed by atoms with Crippen LogP contribution < -0.4 is 15.2 Å². The summed E-state index contributed by atoms with van der Waals surface area (Å²) in [6.07, 6.45) is 0. The third-order valence-corrected chi connectivity index (χ3v) is 3.40. The van der Waals surface area contributed by atoms with Gasteiger partial charge in [0.15, 0.2) is 0 Å². The molecule has 0 aliphatic carbocycles. The first-order valence-corrected chi connectivity index (χ1v) is 6.74. The molecule has 0 bridgehead atoms. The van der Waals surface area contributed by atoms with Crippen molar-refractivity contribution in [1.29, 1.82) is 5.26 Å². The molecule has 0 heterocycles. The largest absolute Gasteiger partial charge is 0.497 e. The molecule has 0 saturated carbocycles. The number of benzene rings is 2. The number of hydrogen-bond acceptors (Lipinski definition) is 4. The van der Waals surface area contributed by atoms with Gasteiger partial charge in [-0.15, -0.1) is 0 Å². The van der Waals surface area contributed by atoms with Crippen molar-refractivity contribution in [2.45, 2.75) is 13.2 Å². The highest BCUT2D eigenvalue weighted by atomic mass is 35.5. The minimum absolute atomic E-state index is 0.309. The van der Waals surface area contributed by atoms with Crippen LogP contribution in [0.3, 0.4) is 0 Å². The number of hydrogen-bond donors (Lipinski definition) is 1. The lowest BCUT2D eigenvalue weighted by atomic mass is 10.1. The Kier molecular flexibility index (Phi) is 5.04. The van der Waals surface area contributed by atoms with Gasteiger partial charge < -0.3 is 15.2 Å². The van der Waals surface area contributed by atoms with Crippen molar-refractivity contribution in [2.24, 2.45) is 5.73 Å². The molecule has 0 saturated heterocycles. The zero-order chi connectivity index (χ0) is 15.2. The molecule has 0 atom stereocenters. The van der Waals surface area contributed by atoms with Crippen LogP contribution in [0.25, 0.3) is 0 Å². The normalized spacial score (nSPS) is 10.0. The van der Waals surface area contributed by atoms with E-state index in [1.807, 2.05) is 24.3 Å². The molecule has 0 aromatic heterocycles. The summed E-state index contributed by atoms with van der Waals surface area (Å²) in [4.78, 5) is 0. The molecule has 5 heteroatoms. The third kappa shape index (κ3) is 3.66. The van der Waals surface area contributed by atoms with Crippen molar-refractivity contribution < 1.29 is 9.47 Å². The Balaban J connectivity index is 2.15. The smallest absolute Gasteiger partial charge is 0.124 e. The van der Waals surface area contributed by atoms with Gasteiger partial charge in [0.25, 0.3) is 0 Å². The molecule has 0 amide bonds. The fourth-order valence-electron chi connectivity index (χ4n) is 1.87. The fraction of sp³-hybridized carbons (Fsp3) is 0.188. The Morgan fingerprint density at radius 2 is 2.00 bits per heavy atom. The Hall–Kier alpha value is -2.22. The van der Waals surface area contributed by atoms with Gasteiger partial charge >= 0.3 is 0 Å². The van der Waals surface area contributed by atoms with Crippen LogP contribution in [0.4, 0.5) is 0 Å². The summed E-state index contributed by atoms with van der Waals surface area (Å²) in [5, 5.41) is 9.32. The Morgan fingerprint density at radius 3 is 2.62 bits per heavy atom. The predicted octanol–water partition coefficient (Wildman–Crippen LogP) is 3.26. The van der Waals surface area contributed by atoms with Crippen molar-refractivity contribution in [2.75, 3.05) is 7.11 Å². The summed E-state index contributed by atoms with van der Waals surface area (Å²) < 4.78 is 10.9. The van der Waals surface area contributed by atoms with E-state index >= 15 is 0 Å². The number of nitriles is 1. The molecule has 0 fully saturated rings. The fourth-order valence-corrected chi connectivity index (χ4v) is 2.11. The van der Waals surface area contributed by atoms with E-state index in [1.54, 1.807) is 25.3 Å². The predicted molar refractivity (Wildman–Crippen MR) is 81.4 cm³/mol. The summed E-state index contributed by atoms with van der Waals surface area (Å²) >= 11 is 6.12. The van der Waals surface area contributed by atoms with Crippen LogP contribution in [0.5, 0.6) is 11.5 Å². The van der Waals surface area contributed by atoms with Crippen LogP contribution in [0.15, 0.2) is 36.4 Å². The first-order chi connectivity index (χ1) is 10.2. The molecule has 21 heavy (non-hydrogen) atoms. The maximum absolute atomic E-state index is 8.81. The van der Waals surface area contributed by atoms with E-state index < -0.39 is 0 Å². The zero-order valence-electron chi connectivity index (χ0n) is 11.6. The van der Waals surface area contributed by atoms with Gasteiger partial charge in [-0.25, -0.2) is 0 Å². The summed E-state index contributed by atoms with van der Waals surface area (Å²) in [7, 11) is 1.60. The van der Waals surface area contributed by atoms with Crippen molar-refractivity contribution in [3.05, 3.63) is 58.1 Å². The van der Waals surface area contributed by atoms with E-state index in [9.17, 15) is 0 Å². The monoisotopic (exact) mass is 302 g/mol. The molecule has 0 radical (unpaired) electrons. The molecular formula is C16H15ClN2O2. The first-order valence-electron chi connectivity index (χ1n) is 6.36. The van der Waals surface area contributed by atoms with Gasteiger partial charge in [0, 0.05) is 22.7 Å². The average molecular weight is 303 g/mol. The number of nitrogens with two attached hydrogens (primary N) is 1. The Bertz CT molecular complexity index is 680. The number of halogens is 1. The van der Waals surface area contributed by atoms with Gasteiger partial charge in [0.2, 0.25) is 0 Å². The van der Waals surface area contributed by atoms with E-state index in [4.69, 9.17) is 32.1 Å².